The molecule has 1 aliphatic rings. The third-order valence-electron chi connectivity index (χ3n) is 4.06. The first-order valence-electron chi connectivity index (χ1n) is 7.81. The Labute approximate surface area is 148 Å². The Morgan fingerprint density at radius 3 is 2.48 bits per heavy atom. The van der Waals surface area contributed by atoms with E-state index in [2.05, 4.69) is 80.8 Å². The zero-order valence-corrected chi connectivity index (χ0v) is 15.1. The Morgan fingerprint density at radius 2 is 1.78 bits per heavy atom. The van der Waals surface area contributed by atoms with Gasteiger partial charge in [0.15, 0.2) is 5.13 Å². The second kappa shape index (κ2) is 6.46. The van der Waals surface area contributed by atoms with E-state index in [1.54, 1.807) is 11.3 Å². The molecule has 0 amide bonds. The lowest BCUT2D eigenvalue weighted by atomic mass is 10.2. The van der Waals surface area contributed by atoms with E-state index >= 15 is 0 Å². The van der Waals surface area contributed by atoms with Gasteiger partial charge in [-0.05, 0) is 30.5 Å². The third-order valence-corrected chi connectivity index (χ3v) is 5.47. The van der Waals surface area contributed by atoms with Gasteiger partial charge < -0.3 is 4.90 Å². The van der Waals surface area contributed by atoms with Crippen LogP contribution in [0.1, 0.15) is 18.4 Å². The summed E-state index contributed by atoms with van der Waals surface area (Å²) in [5.74, 6) is 0. The maximum atomic E-state index is 4.90. The van der Waals surface area contributed by atoms with Crippen molar-refractivity contribution in [3.05, 3.63) is 70.0 Å². The Balaban J connectivity index is 1.59. The summed E-state index contributed by atoms with van der Waals surface area (Å²) in [6, 6.07) is 19.7. The van der Waals surface area contributed by atoms with Gasteiger partial charge in [0.1, 0.15) is 0 Å². The number of halogens is 1. The first kappa shape index (κ1) is 14.9. The number of nitrogens with zero attached hydrogens (tertiary/aromatic N) is 2. The van der Waals surface area contributed by atoms with Crippen molar-refractivity contribution in [2.45, 2.75) is 25.4 Å². The summed E-state index contributed by atoms with van der Waals surface area (Å²) in [6.07, 6.45) is 2.56. The average molecular weight is 385 g/mol. The highest BCUT2D eigenvalue weighted by atomic mass is 79.9. The maximum Gasteiger partial charge on any atom is 0.186 e. The van der Waals surface area contributed by atoms with Gasteiger partial charge in [-0.1, -0.05) is 58.4 Å². The SMILES string of the molecule is Brc1ccc(-c2csc(N(Cc3ccccc3)C3CC3)n2)cc1. The van der Waals surface area contributed by atoms with Crippen molar-refractivity contribution in [2.24, 2.45) is 0 Å². The normalized spacial score (nSPS) is 14.0. The van der Waals surface area contributed by atoms with Crippen LogP contribution >= 0.6 is 27.3 Å². The van der Waals surface area contributed by atoms with Crippen LogP contribution < -0.4 is 4.90 Å². The summed E-state index contributed by atoms with van der Waals surface area (Å²) < 4.78 is 1.10. The summed E-state index contributed by atoms with van der Waals surface area (Å²) in [5, 5.41) is 3.30. The molecular formula is C19H17BrN2S. The van der Waals surface area contributed by atoms with E-state index in [1.807, 2.05) is 0 Å². The molecule has 0 aliphatic heterocycles. The van der Waals surface area contributed by atoms with Crippen molar-refractivity contribution >= 4 is 32.4 Å². The van der Waals surface area contributed by atoms with Crippen LogP contribution in [0.5, 0.6) is 0 Å². The van der Waals surface area contributed by atoms with Gasteiger partial charge in [-0.3, -0.25) is 0 Å². The molecule has 0 saturated heterocycles. The van der Waals surface area contributed by atoms with Gasteiger partial charge in [0.2, 0.25) is 0 Å². The van der Waals surface area contributed by atoms with Crippen LogP contribution in [0.15, 0.2) is 64.5 Å². The largest absolute Gasteiger partial charge is 0.341 e. The van der Waals surface area contributed by atoms with Crippen molar-refractivity contribution in [1.82, 2.24) is 4.98 Å². The van der Waals surface area contributed by atoms with Crippen molar-refractivity contribution in [3.8, 4) is 11.3 Å². The van der Waals surface area contributed by atoms with Crippen molar-refractivity contribution in [3.63, 3.8) is 0 Å². The molecule has 1 heterocycles. The van der Waals surface area contributed by atoms with E-state index in [4.69, 9.17) is 4.98 Å². The van der Waals surface area contributed by atoms with E-state index in [0.29, 0.717) is 6.04 Å². The quantitative estimate of drug-likeness (QED) is 0.557. The number of anilines is 1. The molecule has 4 rings (SSSR count). The highest BCUT2D eigenvalue weighted by Crippen LogP contribution is 2.36. The van der Waals surface area contributed by atoms with Crippen LogP contribution in [0.25, 0.3) is 11.3 Å². The number of benzene rings is 2. The van der Waals surface area contributed by atoms with E-state index in [1.165, 1.54) is 24.0 Å². The molecule has 3 aromatic rings. The molecule has 1 saturated carbocycles. The van der Waals surface area contributed by atoms with Crippen LogP contribution in [0, 0.1) is 0 Å². The highest BCUT2D eigenvalue weighted by molar-refractivity contribution is 9.10. The van der Waals surface area contributed by atoms with Gasteiger partial charge in [0.25, 0.3) is 0 Å². The van der Waals surface area contributed by atoms with Crippen LogP contribution in [0.3, 0.4) is 0 Å². The van der Waals surface area contributed by atoms with Gasteiger partial charge in [-0.15, -0.1) is 11.3 Å². The number of thiazole rings is 1. The average Bonchev–Trinajstić information content (AvgIpc) is 3.31. The Bertz CT molecular complexity index is 779. The van der Waals surface area contributed by atoms with Crippen molar-refractivity contribution in [2.75, 3.05) is 4.90 Å². The molecule has 116 valence electrons. The molecule has 0 spiro atoms. The summed E-state index contributed by atoms with van der Waals surface area (Å²) in [4.78, 5) is 7.36. The highest BCUT2D eigenvalue weighted by Gasteiger charge is 2.31. The number of hydrogen-bond donors (Lipinski definition) is 0. The topological polar surface area (TPSA) is 16.1 Å². The van der Waals surface area contributed by atoms with Crippen LogP contribution in [-0.2, 0) is 6.54 Å². The zero-order valence-electron chi connectivity index (χ0n) is 12.7. The van der Waals surface area contributed by atoms with Crippen LogP contribution in [-0.4, -0.2) is 11.0 Å². The Hall–Kier alpha value is -1.65. The maximum absolute atomic E-state index is 4.90. The lowest BCUT2D eigenvalue weighted by Crippen LogP contribution is -2.24. The molecule has 2 nitrogen and oxygen atoms in total. The smallest absolute Gasteiger partial charge is 0.186 e. The van der Waals surface area contributed by atoms with Gasteiger partial charge in [0.05, 0.1) is 5.69 Å². The summed E-state index contributed by atoms with van der Waals surface area (Å²) >= 11 is 5.23. The van der Waals surface area contributed by atoms with Gasteiger partial charge >= 0.3 is 0 Å². The fourth-order valence-electron chi connectivity index (χ4n) is 2.67. The second-order valence-corrected chi connectivity index (χ2v) is 7.62. The minimum absolute atomic E-state index is 0.652. The monoisotopic (exact) mass is 384 g/mol. The number of rotatable bonds is 5. The molecule has 4 heteroatoms. The Morgan fingerprint density at radius 1 is 1.04 bits per heavy atom. The van der Waals surface area contributed by atoms with Crippen molar-refractivity contribution in [1.29, 1.82) is 0 Å². The molecule has 0 unspecified atom stereocenters. The van der Waals surface area contributed by atoms with E-state index < -0.39 is 0 Å². The zero-order chi connectivity index (χ0) is 15.6. The fourth-order valence-corrected chi connectivity index (χ4v) is 3.84. The Kier molecular flexibility index (Phi) is 4.19. The molecule has 1 aromatic heterocycles. The van der Waals surface area contributed by atoms with Crippen LogP contribution in [0.2, 0.25) is 0 Å². The molecule has 1 fully saturated rings. The third kappa shape index (κ3) is 3.48. The molecule has 0 atom stereocenters. The molecule has 23 heavy (non-hydrogen) atoms. The first-order valence-corrected chi connectivity index (χ1v) is 9.49. The summed E-state index contributed by atoms with van der Waals surface area (Å²) in [6.45, 7) is 0.943. The lowest BCUT2D eigenvalue weighted by molar-refractivity contribution is 0.790. The molecule has 0 radical (unpaired) electrons. The first-order chi connectivity index (χ1) is 11.3. The van der Waals surface area contributed by atoms with Crippen molar-refractivity contribution < 1.29 is 0 Å². The fraction of sp³-hybridized carbons (Fsp3) is 0.211. The number of hydrogen-bond acceptors (Lipinski definition) is 3. The number of aromatic nitrogens is 1. The van der Waals surface area contributed by atoms with Gasteiger partial charge in [-0.2, -0.15) is 0 Å². The molecular weight excluding hydrogens is 368 g/mol. The second-order valence-electron chi connectivity index (χ2n) is 5.87. The molecule has 0 bridgehead atoms. The molecule has 0 N–H and O–H groups in total. The summed E-state index contributed by atoms with van der Waals surface area (Å²) in [7, 11) is 0. The van der Waals surface area contributed by atoms with Gasteiger partial charge in [0, 0.05) is 28.0 Å². The van der Waals surface area contributed by atoms with E-state index in [9.17, 15) is 0 Å². The summed E-state index contributed by atoms with van der Waals surface area (Å²) in [5.41, 5.74) is 3.59. The molecule has 1 aliphatic carbocycles. The lowest BCUT2D eigenvalue weighted by Gasteiger charge is -2.21. The molecule has 2 aromatic carbocycles. The minimum Gasteiger partial charge on any atom is -0.341 e. The predicted molar refractivity (Wildman–Crippen MR) is 101 cm³/mol. The predicted octanol–water partition coefficient (Wildman–Crippen LogP) is 5.74. The van der Waals surface area contributed by atoms with E-state index in [-0.39, 0.29) is 0 Å². The van der Waals surface area contributed by atoms with E-state index in [0.717, 1.165) is 21.8 Å². The standard InChI is InChI=1S/C19H17BrN2S/c20-16-8-6-15(7-9-16)18-13-23-19(21-18)22(17-10-11-17)12-14-4-2-1-3-5-14/h1-9,13,17H,10-12H2. The van der Waals surface area contributed by atoms with Crippen LogP contribution in [0.4, 0.5) is 5.13 Å². The van der Waals surface area contributed by atoms with Gasteiger partial charge in [-0.25, -0.2) is 4.98 Å². The minimum atomic E-state index is 0.652.